The average molecular weight is 559 g/mol. The molecule has 3 aromatic carbocycles. The summed E-state index contributed by atoms with van der Waals surface area (Å²) >= 11 is 0. The van der Waals surface area contributed by atoms with E-state index in [1.807, 2.05) is 0 Å². The Morgan fingerprint density at radius 1 is 0.537 bits per heavy atom. The second-order valence-corrected chi connectivity index (χ2v) is 9.99. The fourth-order valence-electron chi connectivity index (χ4n) is 4.40. The molecule has 0 radical (unpaired) electrons. The summed E-state index contributed by atoms with van der Waals surface area (Å²) in [5, 5.41) is 15.7. The number of carbonyl (C=O) groups excluding carboxylic acids is 4. The zero-order chi connectivity index (χ0) is 29.0. The van der Waals surface area contributed by atoms with Crippen LogP contribution in [-0.4, -0.2) is 28.9 Å². The van der Waals surface area contributed by atoms with Crippen LogP contribution in [0.5, 0.6) is 17.2 Å². The van der Waals surface area contributed by atoms with E-state index in [2.05, 4.69) is 10.6 Å². The van der Waals surface area contributed by atoms with Crippen LogP contribution in [0.4, 0.5) is 0 Å². The highest BCUT2D eigenvalue weighted by molar-refractivity contribution is 6.00. The summed E-state index contributed by atoms with van der Waals surface area (Å²) < 4.78 is 10.8. The van der Waals surface area contributed by atoms with Gasteiger partial charge in [0.05, 0.1) is 0 Å². The van der Waals surface area contributed by atoms with Crippen LogP contribution in [0.2, 0.25) is 0 Å². The lowest BCUT2D eigenvalue weighted by molar-refractivity contribution is -0.135. The molecule has 2 amide bonds. The molecule has 6 bridgehead atoms. The molecule has 0 unspecified atom stereocenters. The molecule has 0 atom stereocenters. The molecule has 4 aliphatic rings. The maximum absolute atomic E-state index is 12.8. The highest BCUT2D eigenvalue weighted by Gasteiger charge is 2.14. The quantitative estimate of drug-likeness (QED) is 0.255. The molecule has 214 valence electrons. The van der Waals surface area contributed by atoms with Gasteiger partial charge in [0.25, 0.3) is 11.8 Å². The van der Waals surface area contributed by atoms with Crippen LogP contribution in [-0.2, 0) is 22.7 Å². The standard InChI is InChI=1S/C32H34N2O7/c35-26-18-24-17-25(19-26)32(39)34-21-23-11-15-28(16-12-23)41-30(37)8-6-4-2-1-3-5-7-29(36)40-27-13-9-22(10-14-27)20-33-31(24)38/h9-19,35H,1-8,20-21H2,(H,33,38)(H,34,39). The number of phenolic OH excluding ortho intramolecular Hbond substituents is 1. The van der Waals surface area contributed by atoms with Gasteiger partial charge in [-0.25, -0.2) is 0 Å². The van der Waals surface area contributed by atoms with Gasteiger partial charge in [-0.3, -0.25) is 19.2 Å². The highest BCUT2D eigenvalue weighted by atomic mass is 16.5. The van der Waals surface area contributed by atoms with Gasteiger partial charge >= 0.3 is 11.9 Å². The van der Waals surface area contributed by atoms with Gasteiger partial charge in [0.15, 0.2) is 0 Å². The Morgan fingerprint density at radius 3 is 1.34 bits per heavy atom. The van der Waals surface area contributed by atoms with Crippen LogP contribution in [0, 0.1) is 0 Å². The molecule has 4 aliphatic heterocycles. The first kappa shape index (κ1) is 29.3. The summed E-state index contributed by atoms with van der Waals surface area (Å²) in [6.07, 6.45) is 5.89. The number of hydrogen-bond acceptors (Lipinski definition) is 7. The van der Waals surface area contributed by atoms with Gasteiger partial charge in [-0.05, 0) is 66.4 Å². The van der Waals surface area contributed by atoms with E-state index in [0.29, 0.717) is 24.3 Å². The van der Waals surface area contributed by atoms with Crippen molar-refractivity contribution in [2.24, 2.45) is 0 Å². The number of phenols is 1. The molecule has 0 aromatic heterocycles. The third kappa shape index (κ3) is 9.49. The van der Waals surface area contributed by atoms with Crippen LogP contribution in [0.15, 0.2) is 66.7 Å². The predicted octanol–water partition coefficient (Wildman–Crippen LogP) is 5.20. The largest absolute Gasteiger partial charge is 0.508 e. The van der Waals surface area contributed by atoms with Crippen molar-refractivity contribution in [1.29, 1.82) is 0 Å². The third-order valence-electron chi connectivity index (χ3n) is 6.67. The Kier molecular flexibility index (Phi) is 10.5. The number of aromatic hydroxyl groups is 1. The maximum atomic E-state index is 12.8. The molecular formula is C32H34N2O7. The average Bonchev–Trinajstić information content (AvgIpc) is 2.96. The number of nitrogens with one attached hydrogen (secondary N) is 2. The first-order valence-corrected chi connectivity index (χ1v) is 13.9. The summed E-state index contributed by atoms with van der Waals surface area (Å²) in [5.74, 6) is -0.863. The Labute approximate surface area is 238 Å². The topological polar surface area (TPSA) is 131 Å². The second kappa shape index (κ2) is 14.6. The molecule has 0 spiro atoms. The molecule has 0 saturated heterocycles. The summed E-state index contributed by atoms with van der Waals surface area (Å²) in [6, 6.07) is 17.7. The Bertz CT molecular complexity index is 1270. The Hall–Kier alpha value is -4.66. The van der Waals surface area contributed by atoms with Crippen LogP contribution < -0.4 is 20.1 Å². The fraction of sp³-hybridized carbons (Fsp3) is 0.312. The summed E-state index contributed by atoms with van der Waals surface area (Å²) in [7, 11) is 0. The van der Waals surface area contributed by atoms with E-state index in [4.69, 9.17) is 9.47 Å². The summed E-state index contributed by atoms with van der Waals surface area (Å²) in [5.41, 5.74) is 1.85. The molecule has 41 heavy (non-hydrogen) atoms. The van der Waals surface area contributed by atoms with E-state index in [9.17, 15) is 24.3 Å². The minimum atomic E-state index is -0.459. The number of carbonyl (C=O) groups is 4. The van der Waals surface area contributed by atoms with Gasteiger partial charge in [0.2, 0.25) is 0 Å². The van der Waals surface area contributed by atoms with E-state index in [-0.39, 0.29) is 41.9 Å². The molecule has 0 fully saturated rings. The molecule has 9 heteroatoms. The molecule has 0 saturated carbocycles. The number of esters is 2. The normalized spacial score (nSPS) is 16.4. The molecule has 4 heterocycles. The number of hydrogen-bond donors (Lipinski definition) is 3. The van der Waals surface area contributed by atoms with Gasteiger partial charge in [0.1, 0.15) is 17.2 Å². The predicted molar refractivity (Wildman–Crippen MR) is 152 cm³/mol. The van der Waals surface area contributed by atoms with Crippen molar-refractivity contribution in [2.75, 3.05) is 0 Å². The molecule has 7 rings (SSSR count). The lowest BCUT2D eigenvalue weighted by Gasteiger charge is -2.10. The smallest absolute Gasteiger partial charge is 0.311 e. The monoisotopic (exact) mass is 558 g/mol. The first-order chi connectivity index (χ1) is 19.9. The first-order valence-electron chi connectivity index (χ1n) is 13.9. The van der Waals surface area contributed by atoms with E-state index in [1.165, 1.54) is 18.2 Å². The van der Waals surface area contributed by atoms with E-state index in [1.54, 1.807) is 48.5 Å². The van der Waals surface area contributed by atoms with Crippen LogP contribution in [0.3, 0.4) is 0 Å². The molecule has 9 nitrogen and oxygen atoms in total. The highest BCUT2D eigenvalue weighted by Crippen LogP contribution is 2.19. The van der Waals surface area contributed by atoms with E-state index >= 15 is 0 Å². The zero-order valence-corrected chi connectivity index (χ0v) is 22.8. The minimum Gasteiger partial charge on any atom is -0.508 e. The van der Waals surface area contributed by atoms with Crippen molar-refractivity contribution in [3.05, 3.63) is 89.0 Å². The number of benzene rings is 3. The van der Waals surface area contributed by atoms with Crippen molar-refractivity contribution in [2.45, 2.75) is 64.5 Å². The summed E-state index contributed by atoms with van der Waals surface area (Å²) in [6.45, 7) is 0.408. The molecule has 0 aliphatic carbocycles. The SMILES string of the molecule is O=C1CCCCCCCCC(=O)Oc2ccc(cc2)CNC(=O)c2cc(O)cc(c2)C(=O)NCc2ccc(cc2)O1. The Balaban J connectivity index is 1.43. The molecule has 3 aromatic rings. The van der Waals surface area contributed by atoms with Crippen LogP contribution in [0.25, 0.3) is 0 Å². The maximum Gasteiger partial charge on any atom is 0.311 e. The van der Waals surface area contributed by atoms with E-state index in [0.717, 1.165) is 49.7 Å². The van der Waals surface area contributed by atoms with Crippen molar-refractivity contribution >= 4 is 23.8 Å². The van der Waals surface area contributed by atoms with Crippen LogP contribution in [0.1, 0.15) is 83.2 Å². The Morgan fingerprint density at radius 2 is 0.927 bits per heavy atom. The van der Waals surface area contributed by atoms with Gasteiger partial charge in [0, 0.05) is 37.1 Å². The number of amides is 2. The second-order valence-electron chi connectivity index (χ2n) is 9.99. The van der Waals surface area contributed by atoms with Gasteiger partial charge < -0.3 is 25.2 Å². The lowest BCUT2D eigenvalue weighted by atomic mass is 10.1. The van der Waals surface area contributed by atoms with Crippen molar-refractivity contribution < 1.29 is 33.8 Å². The number of rotatable bonds is 0. The minimum absolute atomic E-state index is 0.135. The molecule has 3 N–H and O–H groups in total. The molecular weight excluding hydrogens is 524 g/mol. The van der Waals surface area contributed by atoms with Crippen molar-refractivity contribution in [3.8, 4) is 17.2 Å². The summed E-state index contributed by atoms with van der Waals surface area (Å²) in [4.78, 5) is 49.9. The van der Waals surface area contributed by atoms with Gasteiger partial charge in [-0.1, -0.05) is 49.9 Å². The zero-order valence-electron chi connectivity index (χ0n) is 22.8. The van der Waals surface area contributed by atoms with Gasteiger partial charge in [-0.15, -0.1) is 0 Å². The lowest BCUT2D eigenvalue weighted by Crippen LogP contribution is -2.25. The third-order valence-corrected chi connectivity index (χ3v) is 6.67. The van der Waals surface area contributed by atoms with Crippen LogP contribution >= 0.6 is 0 Å². The fourth-order valence-corrected chi connectivity index (χ4v) is 4.40. The van der Waals surface area contributed by atoms with Gasteiger partial charge in [-0.2, -0.15) is 0 Å². The van der Waals surface area contributed by atoms with Crippen molar-refractivity contribution in [3.63, 3.8) is 0 Å². The van der Waals surface area contributed by atoms with E-state index < -0.39 is 11.8 Å². The van der Waals surface area contributed by atoms with Crippen molar-refractivity contribution in [1.82, 2.24) is 10.6 Å². The number of ether oxygens (including phenoxy) is 2.